The normalized spacial score (nSPS) is 14.5. The van der Waals surface area contributed by atoms with Crippen LogP contribution in [0.25, 0.3) is 0 Å². The molecular formula is C21H29NO4. The summed E-state index contributed by atoms with van der Waals surface area (Å²) < 4.78 is 4.74. The molecule has 1 amide bonds. The minimum atomic E-state index is -0.661. The Morgan fingerprint density at radius 2 is 1.77 bits per heavy atom. The van der Waals surface area contributed by atoms with E-state index in [4.69, 9.17) is 4.74 Å². The Labute approximate surface area is 155 Å². The molecule has 5 nitrogen and oxygen atoms in total. The van der Waals surface area contributed by atoms with Crippen molar-refractivity contribution in [3.05, 3.63) is 34.9 Å². The predicted molar refractivity (Wildman–Crippen MR) is 100 cm³/mol. The highest BCUT2D eigenvalue weighted by Crippen LogP contribution is 2.23. The number of carbonyl (C=O) groups is 3. The van der Waals surface area contributed by atoms with Crippen molar-refractivity contribution in [3.63, 3.8) is 0 Å². The third-order valence-electron chi connectivity index (χ3n) is 4.78. The van der Waals surface area contributed by atoms with E-state index in [0.29, 0.717) is 12.0 Å². The molecule has 142 valence electrons. The summed E-state index contributed by atoms with van der Waals surface area (Å²) in [5.41, 5.74) is 3.26. The maximum atomic E-state index is 12.4. The number of hydrogen-bond donors (Lipinski definition) is 1. The van der Waals surface area contributed by atoms with Gasteiger partial charge in [-0.1, -0.05) is 26.0 Å². The molecule has 0 saturated heterocycles. The van der Waals surface area contributed by atoms with Crippen molar-refractivity contribution in [3.8, 4) is 0 Å². The zero-order valence-corrected chi connectivity index (χ0v) is 16.0. The van der Waals surface area contributed by atoms with Gasteiger partial charge in [-0.25, -0.2) is 4.79 Å². The van der Waals surface area contributed by atoms with Gasteiger partial charge in [0.2, 0.25) is 5.91 Å². The van der Waals surface area contributed by atoms with Crippen LogP contribution in [0.15, 0.2) is 18.2 Å². The van der Waals surface area contributed by atoms with Crippen LogP contribution in [0.3, 0.4) is 0 Å². The van der Waals surface area contributed by atoms with Crippen LogP contribution in [-0.4, -0.2) is 30.8 Å². The number of amides is 1. The third kappa shape index (κ3) is 5.68. The Balaban J connectivity index is 1.89. The molecule has 26 heavy (non-hydrogen) atoms. The van der Waals surface area contributed by atoms with Gasteiger partial charge in [0.1, 0.15) is 6.04 Å². The van der Waals surface area contributed by atoms with Crippen LogP contribution in [0.5, 0.6) is 0 Å². The average molecular weight is 359 g/mol. The molecule has 1 atom stereocenters. The largest absolute Gasteiger partial charge is 0.467 e. The fourth-order valence-electron chi connectivity index (χ4n) is 3.37. The number of fused-ring (bicyclic) bond motifs is 1. The summed E-state index contributed by atoms with van der Waals surface area (Å²) >= 11 is 0. The van der Waals surface area contributed by atoms with Crippen molar-refractivity contribution >= 4 is 17.7 Å². The average Bonchev–Trinajstić information content (AvgIpc) is 2.64. The number of rotatable bonds is 8. The summed E-state index contributed by atoms with van der Waals surface area (Å²) in [5, 5.41) is 2.69. The van der Waals surface area contributed by atoms with Crippen molar-refractivity contribution in [2.75, 3.05) is 7.11 Å². The molecule has 0 aromatic heterocycles. The van der Waals surface area contributed by atoms with Gasteiger partial charge in [0.25, 0.3) is 0 Å². The Bertz CT molecular complexity index is 666. The zero-order valence-electron chi connectivity index (χ0n) is 16.0. The number of methoxy groups -OCH3 is 1. The predicted octanol–water partition coefficient (Wildman–Crippen LogP) is 3.23. The van der Waals surface area contributed by atoms with Crippen molar-refractivity contribution < 1.29 is 19.1 Å². The molecule has 0 bridgehead atoms. The minimum Gasteiger partial charge on any atom is -0.467 e. The molecule has 0 fully saturated rings. The first-order valence-electron chi connectivity index (χ1n) is 9.43. The van der Waals surface area contributed by atoms with Gasteiger partial charge in [0, 0.05) is 18.4 Å². The molecule has 1 aliphatic carbocycles. The molecule has 5 heteroatoms. The zero-order chi connectivity index (χ0) is 19.1. The molecule has 0 saturated carbocycles. The van der Waals surface area contributed by atoms with Gasteiger partial charge in [-0.3, -0.25) is 9.59 Å². The second-order valence-electron chi connectivity index (χ2n) is 7.39. The summed E-state index contributed by atoms with van der Waals surface area (Å²) in [6.45, 7) is 3.95. The number of benzene rings is 1. The molecule has 1 aromatic carbocycles. The lowest BCUT2D eigenvalue weighted by Gasteiger charge is -2.18. The van der Waals surface area contributed by atoms with Gasteiger partial charge < -0.3 is 10.1 Å². The molecule has 1 aromatic rings. The number of aryl methyl sites for hydroxylation is 2. The van der Waals surface area contributed by atoms with Gasteiger partial charge in [0.05, 0.1) is 7.11 Å². The number of hydrogen-bond acceptors (Lipinski definition) is 4. The lowest BCUT2D eigenvalue weighted by atomic mass is 9.89. The number of ether oxygens (including phenoxy) is 1. The minimum absolute atomic E-state index is 0.0352. The van der Waals surface area contributed by atoms with E-state index < -0.39 is 12.0 Å². The van der Waals surface area contributed by atoms with Crippen LogP contribution in [-0.2, 0) is 27.2 Å². The van der Waals surface area contributed by atoms with Crippen LogP contribution >= 0.6 is 0 Å². The van der Waals surface area contributed by atoms with Gasteiger partial charge >= 0.3 is 5.97 Å². The number of ketones is 1. The molecule has 2 rings (SSSR count). The van der Waals surface area contributed by atoms with Crippen LogP contribution in [0, 0.1) is 5.92 Å². The number of nitrogens with one attached hydrogen (secondary N) is 1. The summed E-state index contributed by atoms with van der Waals surface area (Å²) in [6, 6.07) is 5.22. The van der Waals surface area contributed by atoms with Crippen molar-refractivity contribution in [1.82, 2.24) is 5.32 Å². The number of carbonyl (C=O) groups excluding carboxylic acids is 3. The maximum Gasteiger partial charge on any atom is 0.328 e. The summed E-state index contributed by atoms with van der Waals surface area (Å²) in [5.74, 6) is -0.538. The van der Waals surface area contributed by atoms with Crippen LogP contribution < -0.4 is 5.32 Å². The molecule has 0 radical (unpaired) electrons. The topological polar surface area (TPSA) is 72.5 Å². The van der Waals surface area contributed by atoms with E-state index in [9.17, 15) is 14.4 Å². The van der Waals surface area contributed by atoms with Crippen LogP contribution in [0.4, 0.5) is 0 Å². The molecule has 1 aliphatic rings. The summed E-state index contributed by atoms with van der Waals surface area (Å²) in [6.07, 6.45) is 5.19. The summed E-state index contributed by atoms with van der Waals surface area (Å²) in [4.78, 5) is 36.3. The number of esters is 1. The summed E-state index contributed by atoms with van der Waals surface area (Å²) in [7, 11) is 1.31. The van der Waals surface area contributed by atoms with Crippen molar-refractivity contribution in [2.24, 2.45) is 5.92 Å². The Morgan fingerprint density at radius 1 is 1.08 bits per heavy atom. The van der Waals surface area contributed by atoms with Crippen LogP contribution in [0.1, 0.15) is 67.4 Å². The fourth-order valence-corrected chi connectivity index (χ4v) is 3.37. The smallest absolute Gasteiger partial charge is 0.328 e. The van der Waals surface area contributed by atoms with E-state index in [0.717, 1.165) is 19.3 Å². The van der Waals surface area contributed by atoms with E-state index in [1.807, 2.05) is 32.0 Å². The highest BCUT2D eigenvalue weighted by Gasteiger charge is 2.23. The van der Waals surface area contributed by atoms with Gasteiger partial charge in [-0.15, -0.1) is 0 Å². The quantitative estimate of drug-likeness (QED) is 0.571. The first kappa shape index (κ1) is 20.1. The van der Waals surface area contributed by atoms with Gasteiger partial charge in [0.15, 0.2) is 5.78 Å². The fraction of sp³-hybridized carbons (Fsp3) is 0.571. The molecule has 0 spiro atoms. The molecule has 1 N–H and O–H groups in total. The SMILES string of the molecule is COC(=O)C(CC(C)C)NC(=O)CCC(=O)c1ccc2c(c1)CCCC2. The maximum absolute atomic E-state index is 12.4. The monoisotopic (exact) mass is 359 g/mol. The van der Waals surface area contributed by atoms with Gasteiger partial charge in [-0.05, 0) is 55.2 Å². The van der Waals surface area contributed by atoms with E-state index in [-0.39, 0.29) is 30.4 Å². The van der Waals surface area contributed by atoms with Crippen molar-refractivity contribution in [2.45, 2.75) is 64.8 Å². The lowest BCUT2D eigenvalue weighted by Crippen LogP contribution is -2.42. The van der Waals surface area contributed by atoms with E-state index in [2.05, 4.69) is 5.32 Å². The van der Waals surface area contributed by atoms with Crippen LogP contribution in [0.2, 0.25) is 0 Å². The lowest BCUT2D eigenvalue weighted by molar-refractivity contribution is -0.145. The van der Waals surface area contributed by atoms with E-state index in [1.165, 1.54) is 24.7 Å². The Kier molecular flexibility index (Phi) is 7.37. The van der Waals surface area contributed by atoms with Gasteiger partial charge in [-0.2, -0.15) is 0 Å². The second-order valence-corrected chi connectivity index (χ2v) is 7.39. The second kappa shape index (κ2) is 9.51. The highest BCUT2D eigenvalue weighted by atomic mass is 16.5. The molecule has 0 heterocycles. The first-order valence-corrected chi connectivity index (χ1v) is 9.43. The number of Topliss-reactive ketones (excluding diaryl/α,β-unsaturated/α-hetero) is 1. The first-order chi connectivity index (χ1) is 12.4. The molecule has 0 aliphatic heterocycles. The Morgan fingerprint density at radius 3 is 2.42 bits per heavy atom. The molecule has 1 unspecified atom stereocenters. The van der Waals surface area contributed by atoms with E-state index in [1.54, 1.807) is 0 Å². The highest BCUT2D eigenvalue weighted by molar-refractivity contribution is 5.98. The van der Waals surface area contributed by atoms with Crippen molar-refractivity contribution in [1.29, 1.82) is 0 Å². The standard InChI is InChI=1S/C21H29NO4/c1-14(2)12-18(21(25)26-3)22-20(24)11-10-19(23)17-9-8-15-6-4-5-7-16(15)13-17/h8-9,13-14,18H,4-7,10-12H2,1-3H3,(H,22,24). The Hall–Kier alpha value is -2.17. The molecular weight excluding hydrogens is 330 g/mol. The van der Waals surface area contributed by atoms with E-state index >= 15 is 0 Å². The third-order valence-corrected chi connectivity index (χ3v) is 4.78.